The van der Waals surface area contributed by atoms with Crippen molar-refractivity contribution in [1.29, 1.82) is 0 Å². The molecule has 0 bridgehead atoms. The molecule has 1 fully saturated rings. The van der Waals surface area contributed by atoms with Gasteiger partial charge in [0.25, 0.3) is 0 Å². The fraction of sp³-hybridized carbons (Fsp3) is 0.647. The van der Waals surface area contributed by atoms with Crippen LogP contribution in [0.15, 0.2) is 24.3 Å². The van der Waals surface area contributed by atoms with Gasteiger partial charge in [0.2, 0.25) is 0 Å². The molecule has 0 heterocycles. The average Bonchev–Trinajstić information content (AvgIpc) is 2.38. The van der Waals surface area contributed by atoms with Crippen LogP contribution >= 0.6 is 0 Å². The number of rotatable bonds is 4. The molecule has 0 radical (unpaired) electrons. The summed E-state index contributed by atoms with van der Waals surface area (Å²) in [5.41, 5.74) is 0.414. The molecular weight excluding hydrogens is 236 g/mol. The molecule has 2 heteroatoms. The van der Waals surface area contributed by atoms with Gasteiger partial charge in [0.05, 0.1) is 11.7 Å². The van der Waals surface area contributed by atoms with E-state index in [1.165, 1.54) is 6.42 Å². The Kier molecular flexibility index (Phi) is 4.51. The molecule has 0 saturated heterocycles. The van der Waals surface area contributed by atoms with Crippen LogP contribution in [-0.2, 0) is 5.60 Å². The van der Waals surface area contributed by atoms with Crippen molar-refractivity contribution in [3.63, 3.8) is 0 Å². The number of benzene rings is 1. The minimum Gasteiger partial charge on any atom is -0.491 e. The Balaban J connectivity index is 2.12. The largest absolute Gasteiger partial charge is 0.491 e. The Morgan fingerprint density at radius 2 is 2.00 bits per heavy atom. The minimum absolute atomic E-state index is 0.188. The van der Waals surface area contributed by atoms with Crippen LogP contribution in [-0.4, -0.2) is 11.2 Å². The molecule has 1 aromatic rings. The van der Waals surface area contributed by atoms with E-state index in [4.69, 9.17) is 4.74 Å². The van der Waals surface area contributed by atoms with Gasteiger partial charge in [0.15, 0.2) is 0 Å². The first-order chi connectivity index (χ1) is 9.03. The Morgan fingerprint density at radius 3 is 2.58 bits per heavy atom. The number of ether oxygens (including phenoxy) is 1. The van der Waals surface area contributed by atoms with E-state index in [-0.39, 0.29) is 6.10 Å². The van der Waals surface area contributed by atoms with Crippen molar-refractivity contribution >= 4 is 0 Å². The van der Waals surface area contributed by atoms with Crippen LogP contribution in [0.4, 0.5) is 0 Å². The molecule has 2 unspecified atom stereocenters. The molecule has 2 atom stereocenters. The van der Waals surface area contributed by atoms with E-state index < -0.39 is 5.60 Å². The first kappa shape index (κ1) is 14.4. The summed E-state index contributed by atoms with van der Waals surface area (Å²) < 4.78 is 5.65. The van der Waals surface area contributed by atoms with Crippen LogP contribution in [0.2, 0.25) is 0 Å². The van der Waals surface area contributed by atoms with Crippen molar-refractivity contribution in [2.24, 2.45) is 5.92 Å². The summed E-state index contributed by atoms with van der Waals surface area (Å²) in [6.45, 7) is 6.26. The summed E-state index contributed by atoms with van der Waals surface area (Å²) >= 11 is 0. The van der Waals surface area contributed by atoms with Crippen molar-refractivity contribution < 1.29 is 9.84 Å². The second-order valence-electron chi connectivity index (χ2n) is 6.09. The van der Waals surface area contributed by atoms with Gasteiger partial charge in [-0.25, -0.2) is 0 Å². The summed E-state index contributed by atoms with van der Waals surface area (Å²) in [5.74, 6) is 1.54. The molecule has 0 spiro atoms. The Hall–Kier alpha value is -1.02. The fourth-order valence-corrected chi connectivity index (χ4v) is 3.09. The third-order valence-electron chi connectivity index (χ3n) is 4.17. The highest BCUT2D eigenvalue weighted by Crippen LogP contribution is 2.41. The zero-order valence-corrected chi connectivity index (χ0v) is 12.4. The van der Waals surface area contributed by atoms with Gasteiger partial charge in [-0.05, 0) is 56.7 Å². The van der Waals surface area contributed by atoms with E-state index in [1.54, 1.807) is 0 Å². The zero-order chi connectivity index (χ0) is 13.9. The normalized spacial score (nSPS) is 27.5. The second-order valence-corrected chi connectivity index (χ2v) is 6.09. The highest BCUT2D eigenvalue weighted by molar-refractivity contribution is 5.31. The lowest BCUT2D eigenvalue weighted by molar-refractivity contribution is -0.0217. The zero-order valence-electron chi connectivity index (χ0n) is 12.4. The predicted molar refractivity (Wildman–Crippen MR) is 78.4 cm³/mol. The maximum atomic E-state index is 10.9. The van der Waals surface area contributed by atoms with Gasteiger partial charge in [-0.2, -0.15) is 0 Å². The summed E-state index contributed by atoms with van der Waals surface area (Å²) in [7, 11) is 0. The van der Waals surface area contributed by atoms with E-state index in [0.717, 1.165) is 37.0 Å². The van der Waals surface area contributed by atoms with Crippen molar-refractivity contribution in [2.45, 2.75) is 64.6 Å². The maximum Gasteiger partial charge on any atom is 0.119 e. The van der Waals surface area contributed by atoms with Gasteiger partial charge in [0, 0.05) is 0 Å². The maximum absolute atomic E-state index is 10.9. The van der Waals surface area contributed by atoms with Crippen LogP contribution in [0.1, 0.15) is 58.4 Å². The van der Waals surface area contributed by atoms with E-state index in [0.29, 0.717) is 5.92 Å². The highest BCUT2D eigenvalue weighted by atomic mass is 16.5. The summed E-state index contributed by atoms with van der Waals surface area (Å²) in [6.07, 6.45) is 5.51. The molecule has 0 aliphatic heterocycles. The van der Waals surface area contributed by atoms with E-state index >= 15 is 0 Å². The molecular formula is C17H26O2. The van der Waals surface area contributed by atoms with Crippen molar-refractivity contribution in [1.82, 2.24) is 0 Å². The monoisotopic (exact) mass is 262 g/mol. The highest BCUT2D eigenvalue weighted by Gasteiger charge is 2.35. The first-order valence-electron chi connectivity index (χ1n) is 7.53. The average molecular weight is 262 g/mol. The third kappa shape index (κ3) is 3.50. The lowest BCUT2D eigenvalue weighted by Crippen LogP contribution is -2.32. The molecule has 1 saturated carbocycles. The van der Waals surface area contributed by atoms with Gasteiger partial charge in [-0.1, -0.05) is 31.9 Å². The summed E-state index contributed by atoms with van der Waals surface area (Å²) in [5, 5.41) is 10.9. The number of hydrogen-bond donors (Lipinski definition) is 1. The molecule has 0 aromatic heterocycles. The molecule has 1 aromatic carbocycles. The van der Waals surface area contributed by atoms with Crippen LogP contribution in [0.5, 0.6) is 5.75 Å². The van der Waals surface area contributed by atoms with Gasteiger partial charge >= 0.3 is 0 Å². The smallest absolute Gasteiger partial charge is 0.119 e. The van der Waals surface area contributed by atoms with Crippen molar-refractivity contribution in [3.05, 3.63) is 29.8 Å². The Bertz CT molecular complexity index is 396. The molecule has 1 aliphatic rings. The van der Waals surface area contributed by atoms with Crippen LogP contribution in [0.25, 0.3) is 0 Å². The Labute approximate surface area is 116 Å². The third-order valence-corrected chi connectivity index (χ3v) is 4.17. The topological polar surface area (TPSA) is 29.5 Å². The molecule has 106 valence electrons. The Morgan fingerprint density at radius 1 is 1.32 bits per heavy atom. The van der Waals surface area contributed by atoms with Gasteiger partial charge in [-0.15, -0.1) is 0 Å². The molecule has 1 aliphatic carbocycles. The molecule has 2 nitrogen and oxygen atoms in total. The van der Waals surface area contributed by atoms with E-state index in [9.17, 15) is 5.11 Å². The second kappa shape index (κ2) is 5.96. The fourth-order valence-electron chi connectivity index (χ4n) is 3.09. The van der Waals surface area contributed by atoms with Crippen molar-refractivity contribution in [3.8, 4) is 5.75 Å². The van der Waals surface area contributed by atoms with Gasteiger partial charge < -0.3 is 9.84 Å². The minimum atomic E-state index is -0.630. The molecule has 1 N–H and O–H groups in total. The van der Waals surface area contributed by atoms with Crippen LogP contribution in [0, 0.1) is 5.92 Å². The van der Waals surface area contributed by atoms with Crippen LogP contribution < -0.4 is 4.74 Å². The SMILES string of the molecule is CCC1CCCC(O)(c2ccc(OC(C)C)cc2)C1. The predicted octanol–water partition coefficient (Wildman–Crippen LogP) is 4.26. The lowest BCUT2D eigenvalue weighted by atomic mass is 9.73. The summed E-state index contributed by atoms with van der Waals surface area (Å²) in [6, 6.07) is 8.00. The van der Waals surface area contributed by atoms with Crippen molar-refractivity contribution in [2.75, 3.05) is 0 Å². The van der Waals surface area contributed by atoms with E-state index in [2.05, 4.69) is 6.92 Å². The summed E-state index contributed by atoms with van der Waals surface area (Å²) in [4.78, 5) is 0. The number of hydrogen-bond acceptors (Lipinski definition) is 2. The molecule has 0 amide bonds. The first-order valence-corrected chi connectivity index (χ1v) is 7.53. The molecule has 2 rings (SSSR count). The standard InChI is InChI=1S/C17H26O2/c1-4-14-6-5-11-17(18,12-14)15-7-9-16(10-8-15)19-13(2)3/h7-10,13-14,18H,4-6,11-12H2,1-3H3. The lowest BCUT2D eigenvalue weighted by Gasteiger charge is -2.37. The molecule has 19 heavy (non-hydrogen) atoms. The van der Waals surface area contributed by atoms with Crippen LogP contribution in [0.3, 0.4) is 0 Å². The number of aliphatic hydroxyl groups is 1. The quantitative estimate of drug-likeness (QED) is 0.878. The van der Waals surface area contributed by atoms with Gasteiger partial charge in [0.1, 0.15) is 5.75 Å². The van der Waals surface area contributed by atoms with E-state index in [1.807, 2.05) is 38.1 Å². The van der Waals surface area contributed by atoms with Gasteiger partial charge in [-0.3, -0.25) is 0 Å².